The molecule has 6 heteroatoms. The van der Waals surface area contributed by atoms with Crippen LogP contribution in [0.25, 0.3) is 0 Å². The minimum Gasteiger partial charge on any atom is -0.379 e. The van der Waals surface area contributed by atoms with Gasteiger partial charge in [-0.3, -0.25) is 4.79 Å². The number of hydrogen-bond donors (Lipinski definition) is 1. The maximum absolute atomic E-state index is 9.89. The highest BCUT2D eigenvalue weighted by molar-refractivity contribution is 5.45. The molecule has 0 spiro atoms. The quantitative estimate of drug-likeness (QED) is 0.342. The average molecular weight is 249 g/mol. The van der Waals surface area contributed by atoms with E-state index in [1.165, 1.54) is 0 Å². The van der Waals surface area contributed by atoms with E-state index in [4.69, 9.17) is 18.9 Å². The van der Waals surface area contributed by atoms with E-state index in [9.17, 15) is 4.79 Å². The van der Waals surface area contributed by atoms with Crippen molar-refractivity contribution >= 4 is 6.41 Å². The van der Waals surface area contributed by atoms with Crippen molar-refractivity contribution in [3.05, 3.63) is 0 Å². The maximum atomic E-state index is 9.89. The number of amides is 1. The standard InChI is InChI=1S/C11H23NO5/c1-2-14-5-6-16-9-10-17-8-7-15-4-3-12-11-13/h11H,2-10H2,1H3,(H,12,13). The summed E-state index contributed by atoms with van der Waals surface area (Å²) in [6.07, 6.45) is 0.652. The summed E-state index contributed by atoms with van der Waals surface area (Å²) in [6.45, 7) is 7.13. The zero-order valence-electron chi connectivity index (χ0n) is 10.5. The highest BCUT2D eigenvalue weighted by atomic mass is 16.6. The average Bonchev–Trinajstić information content (AvgIpc) is 2.35. The third kappa shape index (κ3) is 15.3. The number of carbonyl (C=O) groups is 1. The molecule has 0 aliphatic heterocycles. The van der Waals surface area contributed by atoms with Crippen molar-refractivity contribution in [2.75, 3.05) is 59.4 Å². The molecule has 0 aliphatic rings. The molecular formula is C11H23NO5. The van der Waals surface area contributed by atoms with Crippen LogP contribution < -0.4 is 5.32 Å². The van der Waals surface area contributed by atoms with Crippen molar-refractivity contribution in [3.63, 3.8) is 0 Å². The molecule has 0 aromatic rings. The van der Waals surface area contributed by atoms with Crippen molar-refractivity contribution in [2.24, 2.45) is 0 Å². The van der Waals surface area contributed by atoms with E-state index >= 15 is 0 Å². The summed E-state index contributed by atoms with van der Waals surface area (Å²) >= 11 is 0. The summed E-state index contributed by atoms with van der Waals surface area (Å²) in [6, 6.07) is 0. The van der Waals surface area contributed by atoms with Gasteiger partial charge in [0.15, 0.2) is 0 Å². The van der Waals surface area contributed by atoms with E-state index in [1.54, 1.807) is 0 Å². The smallest absolute Gasteiger partial charge is 0.207 e. The number of carbonyl (C=O) groups excluding carboxylic acids is 1. The van der Waals surface area contributed by atoms with Crippen LogP contribution in [-0.4, -0.2) is 65.8 Å². The maximum Gasteiger partial charge on any atom is 0.207 e. The second-order valence-electron chi connectivity index (χ2n) is 3.11. The van der Waals surface area contributed by atoms with Crippen molar-refractivity contribution in [1.82, 2.24) is 5.32 Å². The summed E-state index contributed by atoms with van der Waals surface area (Å²) < 4.78 is 20.8. The van der Waals surface area contributed by atoms with Crippen LogP contribution >= 0.6 is 0 Å². The van der Waals surface area contributed by atoms with Crippen molar-refractivity contribution in [1.29, 1.82) is 0 Å². The molecule has 0 aromatic carbocycles. The van der Waals surface area contributed by atoms with E-state index in [0.29, 0.717) is 59.2 Å². The van der Waals surface area contributed by atoms with Gasteiger partial charge in [-0.15, -0.1) is 0 Å². The van der Waals surface area contributed by atoms with Gasteiger partial charge in [0.2, 0.25) is 6.41 Å². The van der Waals surface area contributed by atoms with Crippen LogP contribution in [0.1, 0.15) is 6.92 Å². The van der Waals surface area contributed by atoms with E-state index in [1.807, 2.05) is 6.92 Å². The fourth-order valence-electron chi connectivity index (χ4n) is 0.994. The molecular weight excluding hydrogens is 226 g/mol. The topological polar surface area (TPSA) is 66.0 Å². The first kappa shape index (κ1) is 16.3. The van der Waals surface area contributed by atoms with Crippen molar-refractivity contribution in [2.45, 2.75) is 6.92 Å². The first-order chi connectivity index (χ1) is 8.41. The minimum absolute atomic E-state index is 0.507. The Balaban J connectivity index is 2.87. The second kappa shape index (κ2) is 15.3. The molecule has 0 unspecified atom stereocenters. The van der Waals surface area contributed by atoms with Gasteiger partial charge >= 0.3 is 0 Å². The Labute approximate surface area is 103 Å². The third-order valence-corrected chi connectivity index (χ3v) is 1.79. The molecule has 6 nitrogen and oxygen atoms in total. The van der Waals surface area contributed by atoms with Gasteiger partial charge in [0.25, 0.3) is 0 Å². The van der Waals surface area contributed by atoms with E-state index in [-0.39, 0.29) is 0 Å². The number of nitrogens with one attached hydrogen (secondary N) is 1. The summed E-state index contributed by atoms with van der Waals surface area (Å²) in [5.74, 6) is 0. The predicted octanol–water partition coefficient (Wildman–Crippen LogP) is -0.181. The lowest BCUT2D eigenvalue weighted by molar-refractivity contribution is -0.109. The SMILES string of the molecule is CCOCCOCCOCCOCCNC=O. The Bertz CT molecular complexity index is 157. The van der Waals surface area contributed by atoms with E-state index in [0.717, 1.165) is 6.61 Å². The number of ether oxygens (including phenoxy) is 4. The molecule has 0 fully saturated rings. The summed E-state index contributed by atoms with van der Waals surface area (Å²) in [5.41, 5.74) is 0. The molecule has 1 N–H and O–H groups in total. The largest absolute Gasteiger partial charge is 0.379 e. The monoisotopic (exact) mass is 249 g/mol. The van der Waals surface area contributed by atoms with Crippen molar-refractivity contribution < 1.29 is 23.7 Å². The summed E-state index contributed by atoms with van der Waals surface area (Å²) in [5, 5.41) is 2.51. The minimum atomic E-state index is 0.507. The van der Waals surface area contributed by atoms with Gasteiger partial charge in [-0.2, -0.15) is 0 Å². The molecule has 1 amide bonds. The highest BCUT2D eigenvalue weighted by Crippen LogP contribution is 1.82. The molecule has 0 rings (SSSR count). The Kier molecular flexibility index (Phi) is 14.7. The van der Waals surface area contributed by atoms with Crippen LogP contribution in [0.15, 0.2) is 0 Å². The first-order valence-electron chi connectivity index (χ1n) is 5.89. The van der Waals surface area contributed by atoms with Gasteiger partial charge < -0.3 is 24.3 Å². The first-order valence-corrected chi connectivity index (χ1v) is 5.89. The zero-order valence-corrected chi connectivity index (χ0v) is 10.5. The molecule has 0 heterocycles. The fourth-order valence-corrected chi connectivity index (χ4v) is 0.994. The van der Waals surface area contributed by atoms with E-state index in [2.05, 4.69) is 5.32 Å². The molecule has 0 bridgehead atoms. The van der Waals surface area contributed by atoms with Gasteiger partial charge in [-0.25, -0.2) is 0 Å². The third-order valence-electron chi connectivity index (χ3n) is 1.79. The Morgan fingerprint density at radius 3 is 1.76 bits per heavy atom. The lowest BCUT2D eigenvalue weighted by Gasteiger charge is -2.06. The zero-order chi connectivity index (χ0) is 12.6. The molecule has 0 saturated carbocycles. The van der Waals surface area contributed by atoms with Gasteiger partial charge in [-0.1, -0.05) is 0 Å². The molecule has 0 aromatic heterocycles. The van der Waals surface area contributed by atoms with Crippen LogP contribution in [0, 0.1) is 0 Å². The van der Waals surface area contributed by atoms with Crippen LogP contribution in [0.4, 0.5) is 0 Å². The van der Waals surface area contributed by atoms with Crippen LogP contribution in [0.3, 0.4) is 0 Å². The Morgan fingerprint density at radius 2 is 1.29 bits per heavy atom. The van der Waals surface area contributed by atoms with Crippen molar-refractivity contribution in [3.8, 4) is 0 Å². The van der Waals surface area contributed by atoms with Gasteiger partial charge in [-0.05, 0) is 6.92 Å². The normalized spacial score (nSPS) is 10.4. The predicted molar refractivity (Wildman–Crippen MR) is 63.0 cm³/mol. The molecule has 0 saturated heterocycles. The molecule has 0 atom stereocenters. The molecule has 17 heavy (non-hydrogen) atoms. The number of rotatable bonds is 14. The Morgan fingerprint density at radius 1 is 0.824 bits per heavy atom. The van der Waals surface area contributed by atoms with Crippen LogP contribution in [0.5, 0.6) is 0 Å². The van der Waals surface area contributed by atoms with Gasteiger partial charge in [0.05, 0.1) is 46.2 Å². The van der Waals surface area contributed by atoms with E-state index < -0.39 is 0 Å². The Hall–Kier alpha value is -0.690. The summed E-state index contributed by atoms with van der Waals surface area (Å²) in [7, 11) is 0. The van der Waals surface area contributed by atoms with Gasteiger partial charge in [0, 0.05) is 13.2 Å². The molecule has 0 aliphatic carbocycles. The second-order valence-corrected chi connectivity index (χ2v) is 3.11. The summed E-state index contributed by atoms with van der Waals surface area (Å²) in [4.78, 5) is 9.89. The molecule has 102 valence electrons. The fraction of sp³-hybridized carbons (Fsp3) is 0.909. The molecule has 0 radical (unpaired) electrons. The lowest BCUT2D eigenvalue weighted by Crippen LogP contribution is -2.19. The number of hydrogen-bond acceptors (Lipinski definition) is 5. The lowest BCUT2D eigenvalue weighted by atomic mass is 10.6. The highest BCUT2D eigenvalue weighted by Gasteiger charge is 1.91. The van der Waals surface area contributed by atoms with Gasteiger partial charge in [0.1, 0.15) is 0 Å². The van der Waals surface area contributed by atoms with Crippen LogP contribution in [0.2, 0.25) is 0 Å². The van der Waals surface area contributed by atoms with Crippen LogP contribution in [-0.2, 0) is 23.7 Å².